The van der Waals surface area contributed by atoms with Crippen molar-refractivity contribution < 1.29 is 0 Å². The molecule has 2 N–H and O–H groups in total. The van der Waals surface area contributed by atoms with Crippen molar-refractivity contribution in [3.05, 3.63) is 19.8 Å². The number of halogens is 2. The number of pyridine rings is 1. The molecule has 0 aliphatic heterocycles. The highest BCUT2D eigenvalue weighted by Crippen LogP contribution is 2.21. The lowest BCUT2D eigenvalue weighted by Gasteiger charge is -2.00. The van der Waals surface area contributed by atoms with Gasteiger partial charge < -0.3 is 5.73 Å². The van der Waals surface area contributed by atoms with Gasteiger partial charge in [-0.1, -0.05) is 0 Å². The number of nitrogens with zero attached hydrogens (tertiary/aromatic N) is 1. The van der Waals surface area contributed by atoms with Crippen molar-refractivity contribution in [2.75, 3.05) is 5.73 Å². The van der Waals surface area contributed by atoms with E-state index in [1.807, 2.05) is 13.0 Å². The normalized spacial score (nSPS) is 9.90. The summed E-state index contributed by atoms with van der Waals surface area (Å²) in [6.45, 7) is 1.94. The SMILES string of the molecule is Cc1nc(N)c(Br)cc1I. The summed E-state index contributed by atoms with van der Waals surface area (Å²) < 4.78 is 1.99. The van der Waals surface area contributed by atoms with Gasteiger partial charge >= 0.3 is 0 Å². The molecule has 0 fully saturated rings. The van der Waals surface area contributed by atoms with Crippen molar-refractivity contribution in [3.8, 4) is 0 Å². The zero-order valence-electron chi connectivity index (χ0n) is 5.36. The van der Waals surface area contributed by atoms with E-state index in [-0.39, 0.29) is 0 Å². The Morgan fingerprint density at radius 3 is 2.80 bits per heavy atom. The van der Waals surface area contributed by atoms with Crippen LogP contribution in [0, 0.1) is 10.5 Å². The van der Waals surface area contributed by atoms with Gasteiger partial charge in [-0.3, -0.25) is 0 Å². The van der Waals surface area contributed by atoms with Crippen molar-refractivity contribution in [1.82, 2.24) is 4.98 Å². The molecule has 0 saturated heterocycles. The van der Waals surface area contributed by atoms with E-state index in [9.17, 15) is 0 Å². The predicted molar refractivity (Wildman–Crippen MR) is 53.8 cm³/mol. The molecule has 0 aromatic carbocycles. The minimum absolute atomic E-state index is 0.554. The smallest absolute Gasteiger partial charge is 0.138 e. The standard InChI is InChI=1S/C6H6BrIN2/c1-3-5(8)2-4(7)6(9)10-3/h2H,1H3,(H2,9,10). The monoisotopic (exact) mass is 312 g/mol. The number of hydrogen-bond donors (Lipinski definition) is 1. The highest BCUT2D eigenvalue weighted by molar-refractivity contribution is 14.1. The average Bonchev–Trinajstić information content (AvgIpc) is 1.84. The van der Waals surface area contributed by atoms with Crippen molar-refractivity contribution in [2.24, 2.45) is 0 Å². The number of anilines is 1. The summed E-state index contributed by atoms with van der Waals surface area (Å²) in [6, 6.07) is 1.96. The fourth-order valence-electron chi connectivity index (χ4n) is 0.577. The maximum absolute atomic E-state index is 5.53. The Kier molecular flexibility index (Phi) is 2.51. The Hall–Kier alpha value is 0.160. The van der Waals surface area contributed by atoms with Gasteiger partial charge in [-0.2, -0.15) is 0 Å². The van der Waals surface area contributed by atoms with Crippen LogP contribution in [-0.2, 0) is 0 Å². The first-order valence-electron chi connectivity index (χ1n) is 2.69. The molecule has 1 aromatic rings. The minimum atomic E-state index is 0.554. The summed E-state index contributed by atoms with van der Waals surface area (Å²) in [5.41, 5.74) is 6.50. The van der Waals surface area contributed by atoms with Crippen molar-refractivity contribution >= 4 is 44.3 Å². The van der Waals surface area contributed by atoms with Gasteiger partial charge in [0.05, 0.1) is 10.2 Å². The Balaban J connectivity index is 3.28. The van der Waals surface area contributed by atoms with Gasteiger partial charge in [0, 0.05) is 3.57 Å². The van der Waals surface area contributed by atoms with Crippen LogP contribution >= 0.6 is 38.5 Å². The molecule has 0 bridgehead atoms. The average molecular weight is 313 g/mol. The lowest BCUT2D eigenvalue weighted by molar-refractivity contribution is 1.18. The first-order chi connectivity index (χ1) is 4.61. The van der Waals surface area contributed by atoms with Gasteiger partial charge in [-0.05, 0) is 51.5 Å². The van der Waals surface area contributed by atoms with Crippen LogP contribution in [0.3, 0.4) is 0 Å². The molecular weight excluding hydrogens is 307 g/mol. The summed E-state index contributed by atoms with van der Waals surface area (Å²) in [4.78, 5) is 4.10. The van der Waals surface area contributed by atoms with Crippen LogP contribution in [0.4, 0.5) is 5.82 Å². The highest BCUT2D eigenvalue weighted by Gasteiger charge is 2.00. The third-order valence-electron chi connectivity index (χ3n) is 1.13. The van der Waals surface area contributed by atoms with E-state index < -0.39 is 0 Å². The van der Waals surface area contributed by atoms with Gasteiger partial charge in [-0.25, -0.2) is 4.98 Å². The van der Waals surface area contributed by atoms with Gasteiger partial charge in [0.2, 0.25) is 0 Å². The molecule has 0 amide bonds. The zero-order chi connectivity index (χ0) is 7.72. The van der Waals surface area contributed by atoms with Crippen LogP contribution in [0.1, 0.15) is 5.69 Å². The molecule has 2 nitrogen and oxygen atoms in total. The molecule has 4 heteroatoms. The van der Waals surface area contributed by atoms with E-state index >= 15 is 0 Å². The summed E-state index contributed by atoms with van der Waals surface area (Å²) in [7, 11) is 0. The second-order valence-corrected chi connectivity index (χ2v) is 3.94. The second kappa shape index (κ2) is 3.04. The molecule has 0 atom stereocenters. The fourth-order valence-corrected chi connectivity index (χ4v) is 1.75. The largest absolute Gasteiger partial charge is 0.383 e. The lowest BCUT2D eigenvalue weighted by Crippen LogP contribution is -1.95. The molecule has 0 radical (unpaired) electrons. The molecule has 0 spiro atoms. The Morgan fingerprint density at radius 2 is 2.30 bits per heavy atom. The number of nitrogens with two attached hydrogens (primary N) is 1. The van der Waals surface area contributed by atoms with Crippen molar-refractivity contribution in [2.45, 2.75) is 6.92 Å². The number of hydrogen-bond acceptors (Lipinski definition) is 2. The van der Waals surface area contributed by atoms with Gasteiger partial charge in [-0.15, -0.1) is 0 Å². The Labute approximate surface area is 81.5 Å². The number of aryl methyl sites for hydroxylation is 1. The minimum Gasteiger partial charge on any atom is -0.383 e. The summed E-state index contributed by atoms with van der Waals surface area (Å²) in [5, 5.41) is 0. The van der Waals surface area contributed by atoms with Crippen molar-refractivity contribution in [1.29, 1.82) is 0 Å². The van der Waals surface area contributed by atoms with E-state index in [1.54, 1.807) is 0 Å². The molecule has 0 saturated carbocycles. The van der Waals surface area contributed by atoms with Crippen LogP contribution in [0.25, 0.3) is 0 Å². The van der Waals surface area contributed by atoms with E-state index in [2.05, 4.69) is 43.5 Å². The number of rotatable bonds is 0. The first kappa shape index (κ1) is 8.26. The fraction of sp³-hybridized carbons (Fsp3) is 0.167. The number of aromatic nitrogens is 1. The maximum atomic E-state index is 5.53. The molecule has 0 unspecified atom stereocenters. The van der Waals surface area contributed by atoms with Crippen LogP contribution in [0.2, 0.25) is 0 Å². The maximum Gasteiger partial charge on any atom is 0.138 e. The molecule has 54 valence electrons. The highest BCUT2D eigenvalue weighted by atomic mass is 127. The molecule has 0 aliphatic carbocycles. The van der Waals surface area contributed by atoms with E-state index in [0.717, 1.165) is 13.7 Å². The van der Waals surface area contributed by atoms with Crippen LogP contribution in [0.15, 0.2) is 10.5 Å². The summed E-state index contributed by atoms with van der Waals surface area (Å²) >= 11 is 5.51. The molecule has 1 aromatic heterocycles. The van der Waals surface area contributed by atoms with Crippen LogP contribution < -0.4 is 5.73 Å². The van der Waals surface area contributed by atoms with E-state index in [1.165, 1.54) is 0 Å². The third kappa shape index (κ3) is 1.60. The van der Waals surface area contributed by atoms with Crippen LogP contribution in [-0.4, -0.2) is 4.98 Å². The molecular formula is C6H6BrIN2. The third-order valence-corrected chi connectivity index (χ3v) is 2.86. The van der Waals surface area contributed by atoms with Gasteiger partial charge in [0.1, 0.15) is 5.82 Å². The first-order valence-corrected chi connectivity index (χ1v) is 4.56. The summed E-state index contributed by atoms with van der Waals surface area (Å²) in [6.07, 6.45) is 0. The predicted octanol–water partition coefficient (Wildman–Crippen LogP) is 2.34. The molecule has 1 heterocycles. The quantitative estimate of drug-likeness (QED) is 0.747. The van der Waals surface area contributed by atoms with Crippen molar-refractivity contribution in [3.63, 3.8) is 0 Å². The molecule has 1 rings (SSSR count). The van der Waals surface area contributed by atoms with Gasteiger partial charge in [0.25, 0.3) is 0 Å². The second-order valence-electron chi connectivity index (χ2n) is 1.92. The topological polar surface area (TPSA) is 38.9 Å². The molecule has 10 heavy (non-hydrogen) atoms. The number of nitrogen functional groups attached to an aromatic ring is 1. The van der Waals surface area contributed by atoms with E-state index in [0.29, 0.717) is 5.82 Å². The zero-order valence-corrected chi connectivity index (χ0v) is 9.10. The van der Waals surface area contributed by atoms with Crippen LogP contribution in [0.5, 0.6) is 0 Å². The molecule has 0 aliphatic rings. The lowest BCUT2D eigenvalue weighted by atomic mass is 10.4. The summed E-state index contributed by atoms with van der Waals surface area (Å²) in [5.74, 6) is 0.554. The Morgan fingerprint density at radius 1 is 1.70 bits per heavy atom. The van der Waals surface area contributed by atoms with E-state index in [4.69, 9.17) is 5.73 Å². The Bertz CT molecular complexity index is 212. The van der Waals surface area contributed by atoms with Gasteiger partial charge in [0.15, 0.2) is 0 Å².